The molecule has 2 aromatic heterocycles. The molecule has 0 fully saturated rings. The van der Waals surface area contributed by atoms with Crippen LogP contribution in [0.3, 0.4) is 0 Å². The second kappa shape index (κ2) is 5.92. The molecule has 122 valence electrons. The highest BCUT2D eigenvalue weighted by molar-refractivity contribution is 7.17. The van der Waals surface area contributed by atoms with Crippen molar-refractivity contribution in [2.24, 2.45) is 0 Å². The average molecular weight is 339 g/mol. The lowest BCUT2D eigenvalue weighted by Gasteiger charge is -2.17. The van der Waals surface area contributed by atoms with E-state index in [1.165, 1.54) is 11.3 Å². The maximum Gasteiger partial charge on any atom is 0.261 e. The van der Waals surface area contributed by atoms with Crippen molar-refractivity contribution in [3.05, 3.63) is 70.3 Å². The number of aliphatic hydroxyl groups is 1. The number of nitrogens with one attached hydrogen (secondary N) is 1. The summed E-state index contributed by atoms with van der Waals surface area (Å²) in [6.07, 6.45) is -0.0128. The number of carbonyl (C=O) groups excluding carboxylic acids is 1. The number of aryl methyl sites for hydroxylation is 1. The zero-order valence-corrected chi connectivity index (χ0v) is 14.0. The second-order valence-electron chi connectivity index (χ2n) is 6.00. The van der Waals surface area contributed by atoms with E-state index in [1.807, 2.05) is 49.4 Å². The summed E-state index contributed by atoms with van der Waals surface area (Å²) in [7, 11) is 0. The zero-order chi connectivity index (χ0) is 16.7. The first-order valence-electron chi connectivity index (χ1n) is 7.85. The largest absolute Gasteiger partial charge is 0.461 e. The summed E-state index contributed by atoms with van der Waals surface area (Å²) in [4.78, 5) is 14.1. The minimum atomic E-state index is -0.585. The summed E-state index contributed by atoms with van der Waals surface area (Å²) in [5.74, 6) is 1.44. The standard InChI is InChI=1S/C19H17NO3S/c1-11-6-7-15(23-11)16-8-9-17(24-16)19(22)20-18-13-5-3-2-4-12(13)10-14(18)21/h2-9,14,18,21H,10H2,1H3,(H,20,22)/t14-,18+/m1/s1. The molecular weight excluding hydrogens is 322 g/mol. The van der Waals surface area contributed by atoms with E-state index in [9.17, 15) is 9.90 Å². The first kappa shape index (κ1) is 15.2. The molecule has 0 saturated carbocycles. The SMILES string of the molecule is Cc1ccc(-c2ccc(C(=O)N[C@H]3c4ccccc4C[C@H]3O)s2)o1. The molecule has 2 N–H and O–H groups in total. The Kier molecular flexibility index (Phi) is 3.75. The quantitative estimate of drug-likeness (QED) is 0.765. The molecule has 2 heterocycles. The summed E-state index contributed by atoms with van der Waals surface area (Å²) in [6, 6.07) is 15.0. The summed E-state index contributed by atoms with van der Waals surface area (Å²) in [5, 5.41) is 13.2. The third-order valence-electron chi connectivity index (χ3n) is 4.30. The molecular formula is C19H17NO3S. The predicted octanol–water partition coefficient (Wildman–Crippen LogP) is 3.70. The van der Waals surface area contributed by atoms with Crippen LogP contribution in [0.5, 0.6) is 0 Å². The van der Waals surface area contributed by atoms with Gasteiger partial charge < -0.3 is 14.8 Å². The summed E-state index contributed by atoms with van der Waals surface area (Å²) >= 11 is 1.39. The first-order chi connectivity index (χ1) is 11.6. The molecule has 0 spiro atoms. The van der Waals surface area contributed by atoms with Crippen molar-refractivity contribution in [2.75, 3.05) is 0 Å². The van der Waals surface area contributed by atoms with Crippen LogP contribution in [0, 0.1) is 6.92 Å². The van der Waals surface area contributed by atoms with E-state index in [-0.39, 0.29) is 11.9 Å². The van der Waals surface area contributed by atoms with Crippen LogP contribution < -0.4 is 5.32 Å². The number of amides is 1. The van der Waals surface area contributed by atoms with Crippen molar-refractivity contribution in [2.45, 2.75) is 25.5 Å². The minimum Gasteiger partial charge on any atom is -0.461 e. The van der Waals surface area contributed by atoms with Crippen LogP contribution in [0.25, 0.3) is 10.6 Å². The fourth-order valence-electron chi connectivity index (χ4n) is 3.12. The van der Waals surface area contributed by atoms with Crippen molar-refractivity contribution < 1.29 is 14.3 Å². The van der Waals surface area contributed by atoms with E-state index in [4.69, 9.17) is 4.42 Å². The molecule has 0 bridgehead atoms. The highest BCUT2D eigenvalue weighted by Crippen LogP contribution is 2.33. The number of hydrogen-bond acceptors (Lipinski definition) is 4. The Bertz CT molecular complexity index is 895. The normalized spacial score (nSPS) is 19.2. The molecule has 1 aliphatic rings. The van der Waals surface area contributed by atoms with Crippen molar-refractivity contribution in [1.29, 1.82) is 0 Å². The van der Waals surface area contributed by atoms with Crippen LogP contribution in [0.2, 0.25) is 0 Å². The Labute approximate surface area is 143 Å². The molecule has 1 aliphatic carbocycles. The minimum absolute atomic E-state index is 0.171. The lowest BCUT2D eigenvalue weighted by atomic mass is 10.1. The molecule has 5 heteroatoms. The molecule has 0 saturated heterocycles. The number of rotatable bonds is 3. The van der Waals surface area contributed by atoms with Crippen molar-refractivity contribution >= 4 is 17.2 Å². The van der Waals surface area contributed by atoms with Crippen LogP contribution in [0.15, 0.2) is 52.9 Å². The molecule has 0 aliphatic heterocycles. The van der Waals surface area contributed by atoms with Crippen LogP contribution in [-0.4, -0.2) is 17.1 Å². The van der Waals surface area contributed by atoms with Gasteiger partial charge in [-0.15, -0.1) is 11.3 Å². The topological polar surface area (TPSA) is 62.5 Å². The monoisotopic (exact) mass is 339 g/mol. The third kappa shape index (κ3) is 2.66. The van der Waals surface area contributed by atoms with Crippen molar-refractivity contribution in [1.82, 2.24) is 5.32 Å². The highest BCUT2D eigenvalue weighted by Gasteiger charge is 2.32. The van der Waals surface area contributed by atoms with E-state index in [0.717, 1.165) is 27.5 Å². The molecule has 4 rings (SSSR count). The van der Waals surface area contributed by atoms with Gasteiger partial charge in [0.15, 0.2) is 0 Å². The van der Waals surface area contributed by atoms with E-state index in [1.54, 1.807) is 6.07 Å². The second-order valence-corrected chi connectivity index (χ2v) is 7.08. The molecule has 3 aromatic rings. The van der Waals surface area contributed by atoms with Gasteiger partial charge in [0, 0.05) is 6.42 Å². The summed E-state index contributed by atoms with van der Waals surface area (Å²) < 4.78 is 5.60. The molecule has 2 atom stereocenters. The van der Waals surface area contributed by atoms with Gasteiger partial charge in [0.2, 0.25) is 0 Å². The van der Waals surface area contributed by atoms with Gasteiger partial charge in [-0.1, -0.05) is 24.3 Å². The van der Waals surface area contributed by atoms with Gasteiger partial charge in [-0.2, -0.15) is 0 Å². The first-order valence-corrected chi connectivity index (χ1v) is 8.67. The molecule has 1 aromatic carbocycles. The van der Waals surface area contributed by atoms with Gasteiger partial charge >= 0.3 is 0 Å². The van der Waals surface area contributed by atoms with E-state index in [0.29, 0.717) is 11.3 Å². The maximum absolute atomic E-state index is 12.6. The number of thiophene rings is 1. The van der Waals surface area contributed by atoms with Crippen molar-refractivity contribution in [3.8, 4) is 10.6 Å². The van der Waals surface area contributed by atoms with Crippen LogP contribution >= 0.6 is 11.3 Å². The van der Waals surface area contributed by atoms with Crippen LogP contribution in [0.4, 0.5) is 0 Å². The van der Waals surface area contributed by atoms with Gasteiger partial charge in [0.25, 0.3) is 5.91 Å². The van der Waals surface area contributed by atoms with Gasteiger partial charge in [0.05, 0.1) is 21.9 Å². The molecule has 0 radical (unpaired) electrons. The fourth-order valence-corrected chi connectivity index (χ4v) is 3.99. The number of carbonyl (C=O) groups is 1. The Morgan fingerprint density at radius 1 is 1.21 bits per heavy atom. The molecule has 4 nitrogen and oxygen atoms in total. The molecule has 1 amide bonds. The van der Waals surface area contributed by atoms with E-state index < -0.39 is 6.10 Å². The number of hydrogen-bond donors (Lipinski definition) is 2. The number of fused-ring (bicyclic) bond motifs is 1. The van der Waals surface area contributed by atoms with Crippen LogP contribution in [0.1, 0.15) is 32.6 Å². The Morgan fingerprint density at radius 3 is 2.83 bits per heavy atom. The lowest BCUT2D eigenvalue weighted by Crippen LogP contribution is -2.33. The lowest BCUT2D eigenvalue weighted by molar-refractivity contribution is 0.0862. The fraction of sp³-hybridized carbons (Fsp3) is 0.211. The highest BCUT2D eigenvalue weighted by atomic mass is 32.1. The van der Waals surface area contributed by atoms with E-state index >= 15 is 0 Å². The van der Waals surface area contributed by atoms with E-state index in [2.05, 4.69) is 5.32 Å². The van der Waals surface area contributed by atoms with Crippen molar-refractivity contribution in [3.63, 3.8) is 0 Å². The average Bonchev–Trinajstić information content (AvgIpc) is 3.27. The van der Waals surface area contributed by atoms with Gasteiger partial charge in [-0.05, 0) is 42.3 Å². The van der Waals surface area contributed by atoms with Crippen LogP contribution in [-0.2, 0) is 6.42 Å². The number of aliphatic hydroxyl groups excluding tert-OH is 1. The Balaban J connectivity index is 1.54. The predicted molar refractivity (Wildman–Crippen MR) is 93.1 cm³/mol. The number of benzene rings is 1. The van der Waals surface area contributed by atoms with Gasteiger partial charge in [-0.3, -0.25) is 4.79 Å². The van der Waals surface area contributed by atoms with Gasteiger partial charge in [-0.25, -0.2) is 0 Å². The number of furan rings is 1. The molecule has 0 unspecified atom stereocenters. The summed E-state index contributed by atoms with van der Waals surface area (Å²) in [5.41, 5.74) is 2.09. The Morgan fingerprint density at radius 2 is 2.04 bits per heavy atom. The van der Waals surface area contributed by atoms with Gasteiger partial charge in [0.1, 0.15) is 11.5 Å². The zero-order valence-electron chi connectivity index (χ0n) is 13.2. The third-order valence-corrected chi connectivity index (χ3v) is 5.40. The molecule has 24 heavy (non-hydrogen) atoms. The maximum atomic E-state index is 12.6. The summed E-state index contributed by atoms with van der Waals surface area (Å²) in [6.45, 7) is 1.89. The smallest absolute Gasteiger partial charge is 0.261 e. The Hall–Kier alpha value is -2.37.